The van der Waals surface area contributed by atoms with E-state index in [1.165, 1.54) is 18.5 Å². The molecule has 1 aromatic rings. The Balaban J connectivity index is 2.03. The zero-order valence-electron chi connectivity index (χ0n) is 9.61. The maximum Gasteiger partial charge on any atom is 0.0317 e. The van der Waals surface area contributed by atoms with E-state index in [9.17, 15) is 0 Å². The number of nitrogens with zero attached hydrogens (tertiary/aromatic N) is 1. The Morgan fingerprint density at radius 3 is 2.80 bits per heavy atom. The first-order valence-electron chi connectivity index (χ1n) is 5.73. The van der Waals surface area contributed by atoms with Crippen LogP contribution in [0.2, 0.25) is 0 Å². The van der Waals surface area contributed by atoms with Crippen molar-refractivity contribution >= 4 is 5.69 Å². The van der Waals surface area contributed by atoms with E-state index in [2.05, 4.69) is 30.9 Å². The van der Waals surface area contributed by atoms with E-state index in [4.69, 9.17) is 5.73 Å². The van der Waals surface area contributed by atoms with Crippen LogP contribution in [0.4, 0.5) is 5.69 Å². The summed E-state index contributed by atoms with van der Waals surface area (Å²) >= 11 is 0. The van der Waals surface area contributed by atoms with E-state index >= 15 is 0 Å². The van der Waals surface area contributed by atoms with Gasteiger partial charge in [0.05, 0.1) is 0 Å². The summed E-state index contributed by atoms with van der Waals surface area (Å²) in [6, 6.07) is 8.93. The third-order valence-corrected chi connectivity index (χ3v) is 3.25. The molecule has 2 nitrogen and oxygen atoms in total. The Morgan fingerprint density at radius 1 is 1.40 bits per heavy atom. The highest BCUT2D eigenvalue weighted by Crippen LogP contribution is 2.24. The van der Waals surface area contributed by atoms with Gasteiger partial charge in [-0.3, -0.25) is 4.90 Å². The number of rotatable bonds is 2. The molecular weight excluding hydrogens is 184 g/mol. The number of nitrogens with two attached hydrogens (primary N) is 1. The van der Waals surface area contributed by atoms with Crippen LogP contribution in [0.1, 0.15) is 25.8 Å². The standard InChI is InChI=1S/C13H20N2/c1-10-6-11(2)15(8-10)9-12-4-3-5-13(14)7-12/h3-5,7,10-11H,6,8-9,14H2,1-2H3. The molecule has 1 aliphatic heterocycles. The molecule has 2 unspecified atom stereocenters. The molecule has 2 atom stereocenters. The second kappa shape index (κ2) is 4.23. The lowest BCUT2D eigenvalue weighted by Gasteiger charge is -2.21. The number of likely N-dealkylation sites (tertiary alicyclic amines) is 1. The molecule has 0 bridgehead atoms. The lowest BCUT2D eigenvalue weighted by atomic mass is 10.1. The van der Waals surface area contributed by atoms with E-state index in [0.717, 1.165) is 18.2 Å². The predicted octanol–water partition coefficient (Wildman–Crippen LogP) is 2.50. The summed E-state index contributed by atoms with van der Waals surface area (Å²) in [6.07, 6.45) is 1.32. The third-order valence-electron chi connectivity index (χ3n) is 3.25. The lowest BCUT2D eigenvalue weighted by molar-refractivity contribution is 0.256. The first-order valence-corrected chi connectivity index (χ1v) is 5.73. The fourth-order valence-electron chi connectivity index (χ4n) is 2.53. The third kappa shape index (κ3) is 2.51. The van der Waals surface area contributed by atoms with Crippen molar-refractivity contribution < 1.29 is 0 Å². The van der Waals surface area contributed by atoms with E-state index in [1.807, 2.05) is 12.1 Å². The van der Waals surface area contributed by atoms with Crippen LogP contribution in [0.15, 0.2) is 24.3 Å². The zero-order chi connectivity index (χ0) is 10.8. The van der Waals surface area contributed by atoms with Gasteiger partial charge in [0.15, 0.2) is 0 Å². The van der Waals surface area contributed by atoms with Crippen molar-refractivity contribution in [2.75, 3.05) is 12.3 Å². The van der Waals surface area contributed by atoms with Gasteiger partial charge in [0.2, 0.25) is 0 Å². The van der Waals surface area contributed by atoms with E-state index in [-0.39, 0.29) is 0 Å². The molecule has 0 amide bonds. The van der Waals surface area contributed by atoms with Gasteiger partial charge in [-0.25, -0.2) is 0 Å². The molecule has 0 spiro atoms. The molecule has 1 fully saturated rings. The van der Waals surface area contributed by atoms with Gasteiger partial charge in [0.25, 0.3) is 0 Å². The van der Waals surface area contributed by atoms with Gasteiger partial charge in [-0.1, -0.05) is 19.1 Å². The highest BCUT2D eigenvalue weighted by molar-refractivity contribution is 5.40. The summed E-state index contributed by atoms with van der Waals surface area (Å²) < 4.78 is 0. The van der Waals surface area contributed by atoms with E-state index in [0.29, 0.717) is 6.04 Å². The summed E-state index contributed by atoms with van der Waals surface area (Å²) in [4.78, 5) is 2.54. The number of anilines is 1. The fraction of sp³-hybridized carbons (Fsp3) is 0.538. The first-order chi connectivity index (χ1) is 7.15. The number of hydrogen-bond acceptors (Lipinski definition) is 2. The average Bonchev–Trinajstić information content (AvgIpc) is 2.45. The van der Waals surface area contributed by atoms with Gasteiger partial charge in [-0.15, -0.1) is 0 Å². The minimum atomic E-state index is 0.710. The molecule has 1 heterocycles. The summed E-state index contributed by atoms with van der Waals surface area (Å²) in [5.74, 6) is 0.834. The van der Waals surface area contributed by atoms with Gasteiger partial charge < -0.3 is 5.73 Å². The van der Waals surface area contributed by atoms with Crippen molar-refractivity contribution in [3.8, 4) is 0 Å². The Labute approximate surface area is 92.1 Å². The number of benzene rings is 1. The van der Waals surface area contributed by atoms with Crippen molar-refractivity contribution in [2.45, 2.75) is 32.9 Å². The molecule has 2 heteroatoms. The maximum atomic E-state index is 5.78. The van der Waals surface area contributed by atoms with Gasteiger partial charge in [0, 0.05) is 24.8 Å². The van der Waals surface area contributed by atoms with Crippen LogP contribution in [-0.2, 0) is 6.54 Å². The highest BCUT2D eigenvalue weighted by atomic mass is 15.2. The minimum Gasteiger partial charge on any atom is -0.399 e. The molecule has 0 aromatic heterocycles. The molecular formula is C13H20N2. The second-order valence-corrected chi connectivity index (χ2v) is 4.86. The molecule has 1 aliphatic rings. The largest absolute Gasteiger partial charge is 0.399 e. The Kier molecular flexibility index (Phi) is 2.96. The summed E-state index contributed by atoms with van der Waals surface area (Å²) in [5, 5.41) is 0. The maximum absolute atomic E-state index is 5.78. The second-order valence-electron chi connectivity index (χ2n) is 4.86. The average molecular weight is 204 g/mol. The van der Waals surface area contributed by atoms with Crippen molar-refractivity contribution in [3.63, 3.8) is 0 Å². The van der Waals surface area contributed by atoms with Crippen molar-refractivity contribution in [3.05, 3.63) is 29.8 Å². The number of hydrogen-bond donors (Lipinski definition) is 1. The topological polar surface area (TPSA) is 29.3 Å². The summed E-state index contributed by atoms with van der Waals surface area (Å²) in [5.41, 5.74) is 7.97. The van der Waals surface area contributed by atoms with Gasteiger partial charge in [0.1, 0.15) is 0 Å². The van der Waals surface area contributed by atoms with Crippen LogP contribution < -0.4 is 5.73 Å². The van der Waals surface area contributed by atoms with Crippen LogP contribution in [0.3, 0.4) is 0 Å². The van der Waals surface area contributed by atoms with Crippen molar-refractivity contribution in [2.24, 2.45) is 5.92 Å². The molecule has 0 aliphatic carbocycles. The van der Waals surface area contributed by atoms with E-state index in [1.54, 1.807) is 0 Å². The monoisotopic (exact) mass is 204 g/mol. The van der Waals surface area contributed by atoms with Crippen LogP contribution in [0.25, 0.3) is 0 Å². The lowest BCUT2D eigenvalue weighted by Crippen LogP contribution is -2.26. The SMILES string of the molecule is CC1CC(C)N(Cc2cccc(N)c2)C1. The molecule has 1 saturated heterocycles. The van der Waals surface area contributed by atoms with Gasteiger partial charge in [-0.2, -0.15) is 0 Å². The molecule has 1 aromatic carbocycles. The quantitative estimate of drug-likeness (QED) is 0.750. The molecule has 0 saturated carbocycles. The number of nitrogen functional groups attached to an aromatic ring is 1. The van der Waals surface area contributed by atoms with Gasteiger partial charge in [-0.05, 0) is 37.0 Å². The molecule has 15 heavy (non-hydrogen) atoms. The summed E-state index contributed by atoms with van der Waals surface area (Å²) in [7, 11) is 0. The van der Waals surface area contributed by atoms with Crippen LogP contribution in [-0.4, -0.2) is 17.5 Å². The summed E-state index contributed by atoms with van der Waals surface area (Å²) in [6.45, 7) is 6.90. The Morgan fingerprint density at radius 2 is 2.20 bits per heavy atom. The Hall–Kier alpha value is -1.02. The zero-order valence-corrected chi connectivity index (χ0v) is 9.61. The van der Waals surface area contributed by atoms with E-state index < -0.39 is 0 Å². The molecule has 2 rings (SSSR count). The van der Waals surface area contributed by atoms with Crippen molar-refractivity contribution in [1.82, 2.24) is 4.90 Å². The molecule has 2 N–H and O–H groups in total. The first kappa shape index (κ1) is 10.5. The normalized spacial score (nSPS) is 27.1. The molecule has 82 valence electrons. The smallest absolute Gasteiger partial charge is 0.0317 e. The Bertz CT molecular complexity index is 335. The fourth-order valence-corrected chi connectivity index (χ4v) is 2.53. The van der Waals surface area contributed by atoms with Crippen LogP contribution in [0.5, 0.6) is 0 Å². The van der Waals surface area contributed by atoms with Gasteiger partial charge >= 0.3 is 0 Å². The molecule has 0 radical (unpaired) electrons. The predicted molar refractivity (Wildman–Crippen MR) is 64.5 cm³/mol. The van der Waals surface area contributed by atoms with Crippen LogP contribution >= 0.6 is 0 Å². The minimum absolute atomic E-state index is 0.710. The van der Waals surface area contributed by atoms with Crippen molar-refractivity contribution in [1.29, 1.82) is 0 Å². The highest BCUT2D eigenvalue weighted by Gasteiger charge is 2.25. The van der Waals surface area contributed by atoms with Crippen LogP contribution in [0, 0.1) is 5.92 Å².